The van der Waals surface area contributed by atoms with Gasteiger partial charge in [-0.2, -0.15) is 5.26 Å². The quantitative estimate of drug-likeness (QED) is 0.779. The van der Waals surface area contributed by atoms with E-state index in [1.54, 1.807) is 36.9 Å². The summed E-state index contributed by atoms with van der Waals surface area (Å²) < 4.78 is 1.77. The molecule has 0 aliphatic rings. The molecule has 6 nitrogen and oxygen atoms in total. The van der Waals surface area contributed by atoms with Crippen molar-refractivity contribution < 1.29 is 4.79 Å². The van der Waals surface area contributed by atoms with Gasteiger partial charge in [0.05, 0.1) is 17.0 Å². The van der Waals surface area contributed by atoms with Crippen molar-refractivity contribution in [3.05, 3.63) is 35.6 Å². The third-order valence-electron chi connectivity index (χ3n) is 4.02. The molecule has 0 spiro atoms. The van der Waals surface area contributed by atoms with Crippen LogP contribution in [0.1, 0.15) is 27.7 Å². The number of thioether (sulfide) groups is 1. The average Bonchev–Trinajstić information content (AvgIpc) is 3.02. The standard InChI is InChI=1S/C17H20ClN5OS/c1-11(2)17(4,9-19)21-15(24)12(3)25-16-22-20-10-23(16)14-7-5-6-13(18)8-14/h5-8,10-12H,1-4H3,(H,21,24). The molecule has 132 valence electrons. The normalized spacial score (nSPS) is 14.6. The largest absolute Gasteiger partial charge is 0.337 e. The lowest BCUT2D eigenvalue weighted by Gasteiger charge is -2.28. The van der Waals surface area contributed by atoms with Crippen molar-refractivity contribution in [3.63, 3.8) is 0 Å². The topological polar surface area (TPSA) is 83.6 Å². The Hall–Kier alpha value is -2.04. The summed E-state index contributed by atoms with van der Waals surface area (Å²) in [6.07, 6.45) is 1.58. The highest BCUT2D eigenvalue weighted by molar-refractivity contribution is 8.00. The second-order valence-electron chi connectivity index (χ2n) is 6.18. The van der Waals surface area contributed by atoms with Crippen LogP contribution in [0.5, 0.6) is 0 Å². The Kier molecular flexibility index (Phi) is 6.09. The van der Waals surface area contributed by atoms with E-state index < -0.39 is 10.8 Å². The van der Waals surface area contributed by atoms with Crippen LogP contribution in [0.3, 0.4) is 0 Å². The van der Waals surface area contributed by atoms with E-state index >= 15 is 0 Å². The van der Waals surface area contributed by atoms with Gasteiger partial charge in [0.2, 0.25) is 5.91 Å². The molecule has 1 N–H and O–H groups in total. The lowest BCUT2D eigenvalue weighted by molar-refractivity contribution is -0.121. The Morgan fingerprint density at radius 1 is 1.44 bits per heavy atom. The molecule has 0 saturated heterocycles. The van der Waals surface area contributed by atoms with E-state index in [1.165, 1.54) is 11.8 Å². The van der Waals surface area contributed by atoms with Crippen LogP contribution in [0.25, 0.3) is 5.69 Å². The number of amides is 1. The zero-order chi connectivity index (χ0) is 18.6. The molecule has 0 saturated carbocycles. The van der Waals surface area contributed by atoms with Crippen molar-refractivity contribution in [1.82, 2.24) is 20.1 Å². The molecule has 8 heteroatoms. The van der Waals surface area contributed by atoms with E-state index in [1.807, 2.05) is 26.0 Å². The summed E-state index contributed by atoms with van der Waals surface area (Å²) in [4.78, 5) is 12.5. The number of hydrogen-bond acceptors (Lipinski definition) is 5. The predicted octanol–water partition coefficient (Wildman–Crippen LogP) is 3.46. The van der Waals surface area contributed by atoms with E-state index in [-0.39, 0.29) is 11.8 Å². The summed E-state index contributed by atoms with van der Waals surface area (Å²) in [5, 5.41) is 20.9. The molecule has 1 aromatic heterocycles. The van der Waals surface area contributed by atoms with E-state index in [4.69, 9.17) is 11.6 Å². The molecule has 0 fully saturated rings. The third-order valence-corrected chi connectivity index (χ3v) is 5.32. The van der Waals surface area contributed by atoms with Crippen LogP contribution < -0.4 is 5.32 Å². The third kappa shape index (κ3) is 4.53. The summed E-state index contributed by atoms with van der Waals surface area (Å²) in [6.45, 7) is 7.30. The van der Waals surface area contributed by atoms with Crippen LogP contribution in [0.2, 0.25) is 5.02 Å². The molecule has 2 unspecified atom stereocenters. The van der Waals surface area contributed by atoms with Gasteiger partial charge < -0.3 is 5.32 Å². The lowest BCUT2D eigenvalue weighted by atomic mass is 9.90. The van der Waals surface area contributed by atoms with E-state index in [9.17, 15) is 10.1 Å². The van der Waals surface area contributed by atoms with E-state index in [0.29, 0.717) is 10.2 Å². The van der Waals surface area contributed by atoms with Gasteiger partial charge in [0, 0.05) is 5.02 Å². The highest BCUT2D eigenvalue weighted by Gasteiger charge is 2.32. The first-order valence-corrected chi connectivity index (χ1v) is 9.08. The van der Waals surface area contributed by atoms with Crippen molar-refractivity contribution in [2.45, 2.75) is 43.6 Å². The van der Waals surface area contributed by atoms with Crippen LogP contribution in [-0.2, 0) is 4.79 Å². The van der Waals surface area contributed by atoms with Crippen molar-refractivity contribution in [2.24, 2.45) is 5.92 Å². The number of benzene rings is 1. The molecule has 0 aliphatic carbocycles. The van der Waals surface area contributed by atoms with Crippen molar-refractivity contribution in [2.75, 3.05) is 0 Å². The summed E-state index contributed by atoms with van der Waals surface area (Å²) >= 11 is 7.31. The van der Waals surface area contributed by atoms with Gasteiger partial charge in [-0.05, 0) is 38.0 Å². The number of carbonyl (C=O) groups excluding carboxylic acids is 1. The van der Waals surface area contributed by atoms with Gasteiger partial charge in [-0.25, -0.2) is 0 Å². The molecule has 0 bridgehead atoms. The molecule has 1 aromatic carbocycles. The molecule has 25 heavy (non-hydrogen) atoms. The molecule has 1 amide bonds. The summed E-state index contributed by atoms with van der Waals surface area (Å²) in [6, 6.07) is 9.48. The van der Waals surface area contributed by atoms with Crippen LogP contribution in [0.15, 0.2) is 35.7 Å². The van der Waals surface area contributed by atoms with Crippen LogP contribution >= 0.6 is 23.4 Å². The first-order valence-electron chi connectivity index (χ1n) is 7.82. The number of nitrogens with one attached hydrogen (secondary N) is 1. The second kappa shape index (κ2) is 7.89. The smallest absolute Gasteiger partial charge is 0.234 e. The SMILES string of the molecule is CC(Sc1nncn1-c1cccc(Cl)c1)C(=O)NC(C)(C#N)C(C)C. The number of hydrogen-bond donors (Lipinski definition) is 1. The summed E-state index contributed by atoms with van der Waals surface area (Å²) in [5.74, 6) is -0.225. The van der Waals surface area contributed by atoms with Gasteiger partial charge in [0.1, 0.15) is 11.9 Å². The Balaban J connectivity index is 2.14. The molecule has 0 radical (unpaired) electrons. The summed E-state index contributed by atoms with van der Waals surface area (Å²) in [7, 11) is 0. The Bertz CT molecular complexity index is 800. The van der Waals surface area contributed by atoms with Crippen molar-refractivity contribution in [1.29, 1.82) is 5.26 Å². The van der Waals surface area contributed by atoms with Gasteiger partial charge in [-0.3, -0.25) is 9.36 Å². The van der Waals surface area contributed by atoms with Gasteiger partial charge in [0.15, 0.2) is 5.16 Å². The highest BCUT2D eigenvalue weighted by Crippen LogP contribution is 2.26. The lowest BCUT2D eigenvalue weighted by Crippen LogP contribution is -2.51. The fourth-order valence-electron chi connectivity index (χ4n) is 1.98. The van der Waals surface area contributed by atoms with Crippen LogP contribution in [0, 0.1) is 17.2 Å². The molecule has 2 atom stereocenters. The minimum absolute atomic E-state index is 0.00577. The maximum absolute atomic E-state index is 12.5. The monoisotopic (exact) mass is 377 g/mol. The zero-order valence-electron chi connectivity index (χ0n) is 14.5. The number of carbonyl (C=O) groups is 1. The number of rotatable bonds is 6. The Morgan fingerprint density at radius 2 is 2.16 bits per heavy atom. The van der Waals surface area contributed by atoms with Crippen molar-refractivity contribution >= 4 is 29.3 Å². The minimum atomic E-state index is -0.910. The fourth-order valence-corrected chi connectivity index (χ4v) is 3.01. The molecular formula is C17H20ClN5OS. The summed E-state index contributed by atoms with van der Waals surface area (Å²) in [5.41, 5.74) is -0.0938. The molecular weight excluding hydrogens is 358 g/mol. The number of halogens is 1. The maximum Gasteiger partial charge on any atom is 0.234 e. The second-order valence-corrected chi connectivity index (χ2v) is 7.93. The number of nitrogens with zero attached hydrogens (tertiary/aromatic N) is 4. The van der Waals surface area contributed by atoms with Crippen LogP contribution in [-0.4, -0.2) is 31.5 Å². The van der Waals surface area contributed by atoms with Gasteiger partial charge in [0.25, 0.3) is 0 Å². The molecule has 2 aromatic rings. The minimum Gasteiger partial charge on any atom is -0.337 e. The zero-order valence-corrected chi connectivity index (χ0v) is 16.1. The van der Waals surface area contributed by atoms with Gasteiger partial charge >= 0.3 is 0 Å². The number of aromatic nitrogens is 3. The van der Waals surface area contributed by atoms with Gasteiger partial charge in [-0.1, -0.05) is 43.3 Å². The highest BCUT2D eigenvalue weighted by atomic mass is 35.5. The molecule has 1 heterocycles. The molecule has 0 aliphatic heterocycles. The van der Waals surface area contributed by atoms with Crippen molar-refractivity contribution in [3.8, 4) is 11.8 Å². The van der Waals surface area contributed by atoms with E-state index in [2.05, 4.69) is 21.6 Å². The Labute approximate surface area is 156 Å². The van der Waals surface area contributed by atoms with Gasteiger partial charge in [-0.15, -0.1) is 10.2 Å². The number of nitriles is 1. The average molecular weight is 378 g/mol. The maximum atomic E-state index is 12.5. The Morgan fingerprint density at radius 3 is 2.76 bits per heavy atom. The van der Waals surface area contributed by atoms with Crippen LogP contribution in [0.4, 0.5) is 0 Å². The molecule has 2 rings (SSSR count). The van der Waals surface area contributed by atoms with E-state index in [0.717, 1.165) is 5.69 Å². The fraction of sp³-hybridized carbons (Fsp3) is 0.412. The first kappa shape index (κ1) is 19.3. The predicted molar refractivity (Wildman–Crippen MR) is 98.7 cm³/mol. The first-order chi connectivity index (χ1) is 11.8.